The van der Waals surface area contributed by atoms with E-state index in [1.807, 2.05) is 12.1 Å². The molecule has 156 valence electrons. The molecule has 0 fully saturated rings. The standard InChI is InChI=1S/C22H26N2O2S.H3NS/c1-14(25)24(2)12-11-17-9-10-20(27-17)22(26)23-21-18-7-3-5-15(18)13-16-6-4-8-19(16)21;1-2/h9-10,13H,3-8,11-12H2,1-2H3,(H,23,26);2H,1H2. The van der Waals surface area contributed by atoms with Crippen LogP contribution in [0.25, 0.3) is 0 Å². The fraction of sp³-hybridized carbons (Fsp3) is 0.455. The maximum Gasteiger partial charge on any atom is 0.265 e. The van der Waals surface area contributed by atoms with Crippen molar-refractivity contribution in [1.82, 2.24) is 4.90 Å². The third-order valence-electron chi connectivity index (χ3n) is 5.83. The van der Waals surface area contributed by atoms with E-state index in [9.17, 15) is 9.59 Å². The molecule has 1 aromatic heterocycles. The van der Waals surface area contributed by atoms with Crippen LogP contribution in [0.2, 0.25) is 0 Å². The number of likely N-dealkylation sites (N-methyl/N-ethyl adjacent to an activating group) is 1. The van der Waals surface area contributed by atoms with Gasteiger partial charge >= 0.3 is 0 Å². The summed E-state index contributed by atoms with van der Waals surface area (Å²) in [5, 5.41) is 7.46. The van der Waals surface area contributed by atoms with Crippen molar-refractivity contribution < 1.29 is 9.59 Å². The Morgan fingerprint density at radius 1 is 1.10 bits per heavy atom. The van der Waals surface area contributed by atoms with Gasteiger partial charge in [-0.15, -0.1) is 24.2 Å². The Labute approximate surface area is 182 Å². The number of amides is 2. The zero-order chi connectivity index (χ0) is 21.0. The predicted molar refractivity (Wildman–Crippen MR) is 123 cm³/mol. The molecule has 2 aliphatic rings. The number of nitrogens with two attached hydrogens (primary N) is 1. The highest BCUT2D eigenvalue weighted by atomic mass is 32.1. The summed E-state index contributed by atoms with van der Waals surface area (Å²) in [6.07, 6.45) is 7.58. The van der Waals surface area contributed by atoms with Gasteiger partial charge in [0.15, 0.2) is 0 Å². The first-order valence-corrected chi connectivity index (χ1v) is 11.4. The molecule has 0 radical (unpaired) electrons. The number of benzene rings is 1. The molecule has 0 atom stereocenters. The lowest BCUT2D eigenvalue weighted by Crippen LogP contribution is -2.25. The molecular formula is C22H29N3O2S2. The first-order valence-electron chi connectivity index (χ1n) is 10.1. The molecule has 3 N–H and O–H groups in total. The Morgan fingerprint density at radius 3 is 2.31 bits per heavy atom. The second-order valence-electron chi connectivity index (χ2n) is 7.64. The number of hydrogen-bond donors (Lipinski definition) is 3. The van der Waals surface area contributed by atoms with Gasteiger partial charge in [-0.2, -0.15) is 0 Å². The summed E-state index contributed by atoms with van der Waals surface area (Å²) in [6, 6.07) is 6.30. The van der Waals surface area contributed by atoms with Gasteiger partial charge < -0.3 is 10.2 Å². The van der Waals surface area contributed by atoms with Crippen LogP contribution in [0.15, 0.2) is 18.2 Å². The zero-order valence-corrected chi connectivity index (χ0v) is 18.8. The van der Waals surface area contributed by atoms with Crippen LogP contribution < -0.4 is 10.5 Å². The molecule has 2 amide bonds. The number of rotatable bonds is 5. The number of nitrogens with one attached hydrogen (secondary N) is 1. The molecule has 2 aliphatic carbocycles. The quantitative estimate of drug-likeness (QED) is 0.631. The minimum Gasteiger partial charge on any atom is -0.346 e. The number of anilines is 1. The minimum atomic E-state index is 0.000530. The Kier molecular flexibility index (Phi) is 7.38. The average molecular weight is 432 g/mol. The van der Waals surface area contributed by atoms with E-state index in [2.05, 4.69) is 29.3 Å². The number of nitrogens with zero attached hydrogens (tertiary/aromatic N) is 1. The summed E-state index contributed by atoms with van der Waals surface area (Å²) in [6.45, 7) is 2.25. The molecule has 2 aromatic rings. The molecule has 1 heterocycles. The molecule has 0 unspecified atom stereocenters. The van der Waals surface area contributed by atoms with Gasteiger partial charge in [-0.05, 0) is 79.3 Å². The van der Waals surface area contributed by atoms with Crippen LogP contribution in [-0.2, 0) is 36.9 Å². The molecular weight excluding hydrogens is 402 g/mol. The van der Waals surface area contributed by atoms with Crippen LogP contribution in [0.5, 0.6) is 0 Å². The monoisotopic (exact) mass is 431 g/mol. The molecule has 0 aliphatic heterocycles. The van der Waals surface area contributed by atoms with E-state index in [0.29, 0.717) is 6.54 Å². The third kappa shape index (κ3) is 4.85. The van der Waals surface area contributed by atoms with E-state index in [-0.39, 0.29) is 11.8 Å². The van der Waals surface area contributed by atoms with Gasteiger partial charge in [-0.25, -0.2) is 0 Å². The van der Waals surface area contributed by atoms with Crippen molar-refractivity contribution in [3.8, 4) is 0 Å². The first-order chi connectivity index (χ1) is 14.0. The molecule has 0 saturated carbocycles. The smallest absolute Gasteiger partial charge is 0.265 e. The van der Waals surface area contributed by atoms with Crippen molar-refractivity contribution in [1.29, 1.82) is 0 Å². The maximum atomic E-state index is 12.9. The minimum absolute atomic E-state index is 0.000530. The molecule has 0 bridgehead atoms. The van der Waals surface area contributed by atoms with Gasteiger partial charge in [0, 0.05) is 31.1 Å². The van der Waals surface area contributed by atoms with E-state index in [1.165, 1.54) is 46.4 Å². The van der Waals surface area contributed by atoms with Crippen molar-refractivity contribution in [2.75, 3.05) is 18.9 Å². The Morgan fingerprint density at radius 2 is 1.72 bits per heavy atom. The number of fused-ring (bicyclic) bond motifs is 2. The van der Waals surface area contributed by atoms with Crippen LogP contribution in [0.4, 0.5) is 5.69 Å². The highest BCUT2D eigenvalue weighted by Gasteiger charge is 2.25. The van der Waals surface area contributed by atoms with Crippen molar-refractivity contribution in [2.24, 2.45) is 5.14 Å². The fourth-order valence-electron chi connectivity index (χ4n) is 4.21. The lowest BCUT2D eigenvalue weighted by Gasteiger charge is -2.15. The van der Waals surface area contributed by atoms with Crippen molar-refractivity contribution in [3.63, 3.8) is 0 Å². The number of carbonyl (C=O) groups is 2. The summed E-state index contributed by atoms with van der Waals surface area (Å²) in [5.74, 6) is 0.0666. The normalized spacial score (nSPS) is 13.9. The van der Waals surface area contributed by atoms with Crippen LogP contribution >= 0.6 is 24.2 Å². The summed E-state index contributed by atoms with van der Waals surface area (Å²) in [4.78, 5) is 27.8. The molecule has 5 nitrogen and oxygen atoms in total. The van der Waals surface area contributed by atoms with E-state index in [4.69, 9.17) is 0 Å². The van der Waals surface area contributed by atoms with E-state index in [1.54, 1.807) is 18.9 Å². The zero-order valence-electron chi connectivity index (χ0n) is 17.1. The van der Waals surface area contributed by atoms with Gasteiger partial charge in [0.1, 0.15) is 0 Å². The van der Waals surface area contributed by atoms with Gasteiger partial charge in [-0.1, -0.05) is 6.07 Å². The topological polar surface area (TPSA) is 75.4 Å². The summed E-state index contributed by atoms with van der Waals surface area (Å²) in [5.41, 5.74) is 6.71. The largest absolute Gasteiger partial charge is 0.346 e. The molecule has 7 heteroatoms. The van der Waals surface area contributed by atoms with E-state index in [0.717, 1.165) is 47.5 Å². The Balaban J connectivity index is 0.00000117. The lowest BCUT2D eigenvalue weighted by molar-refractivity contribution is -0.127. The second kappa shape index (κ2) is 9.78. The van der Waals surface area contributed by atoms with E-state index >= 15 is 0 Å². The Bertz CT molecular complexity index is 875. The van der Waals surface area contributed by atoms with Gasteiger partial charge in [0.05, 0.1) is 4.88 Å². The second-order valence-corrected chi connectivity index (χ2v) is 8.81. The fourth-order valence-corrected chi connectivity index (χ4v) is 5.10. The van der Waals surface area contributed by atoms with Crippen LogP contribution in [-0.4, -0.2) is 30.3 Å². The maximum absolute atomic E-state index is 12.9. The number of thiophene rings is 1. The van der Waals surface area contributed by atoms with Crippen molar-refractivity contribution >= 4 is 41.7 Å². The number of hydrogen-bond acceptors (Lipinski definition) is 5. The van der Waals surface area contributed by atoms with Gasteiger partial charge in [0.2, 0.25) is 5.91 Å². The van der Waals surface area contributed by atoms with Crippen LogP contribution in [0.1, 0.15) is 56.6 Å². The van der Waals surface area contributed by atoms with Gasteiger partial charge in [-0.3, -0.25) is 14.7 Å². The highest BCUT2D eigenvalue weighted by molar-refractivity contribution is 7.77. The van der Waals surface area contributed by atoms with Gasteiger partial charge in [0.25, 0.3) is 5.91 Å². The lowest BCUT2D eigenvalue weighted by atomic mass is 9.98. The summed E-state index contributed by atoms with van der Waals surface area (Å²) >= 11 is 4.56. The number of aryl methyl sites for hydroxylation is 2. The molecule has 0 spiro atoms. The SMILES string of the molecule is CC(=O)N(C)CCc1ccc(C(=O)Nc2c3c(cc4c2CCC4)CCC3)s1.NS. The molecule has 4 rings (SSSR count). The summed E-state index contributed by atoms with van der Waals surface area (Å²) in [7, 11) is 1.81. The number of thiol groups is 1. The molecule has 1 aromatic carbocycles. The molecule has 0 saturated heterocycles. The average Bonchev–Trinajstić information content (AvgIpc) is 3.47. The van der Waals surface area contributed by atoms with Crippen LogP contribution in [0, 0.1) is 0 Å². The van der Waals surface area contributed by atoms with Crippen molar-refractivity contribution in [3.05, 3.63) is 50.2 Å². The van der Waals surface area contributed by atoms with E-state index < -0.39 is 0 Å². The van der Waals surface area contributed by atoms with Crippen molar-refractivity contribution in [2.45, 2.75) is 51.9 Å². The molecule has 29 heavy (non-hydrogen) atoms. The first kappa shape index (κ1) is 21.9. The summed E-state index contributed by atoms with van der Waals surface area (Å²) < 4.78 is 0. The third-order valence-corrected chi connectivity index (χ3v) is 6.97. The highest BCUT2D eigenvalue weighted by Crippen LogP contribution is 2.39. The number of carbonyl (C=O) groups excluding carboxylic acids is 2. The Hall–Kier alpha value is -1.83. The predicted octanol–water partition coefficient (Wildman–Crippen LogP) is 3.79. The van der Waals surface area contributed by atoms with Crippen LogP contribution in [0.3, 0.4) is 0 Å².